The Morgan fingerprint density at radius 3 is 2.62 bits per heavy atom. The molecule has 6 heteroatoms. The van der Waals surface area contributed by atoms with Crippen LogP contribution in [0.1, 0.15) is 23.5 Å². The number of aryl methyl sites for hydroxylation is 1. The summed E-state index contributed by atoms with van der Waals surface area (Å²) in [6.07, 6.45) is 0. The Kier molecular flexibility index (Phi) is 3.78. The predicted octanol–water partition coefficient (Wildman–Crippen LogP) is 4.50. The lowest BCUT2D eigenvalue weighted by atomic mass is 10.1. The van der Waals surface area contributed by atoms with E-state index in [0.717, 1.165) is 25.8 Å². The van der Waals surface area contributed by atoms with Crippen LogP contribution in [0.5, 0.6) is 0 Å². The van der Waals surface area contributed by atoms with Crippen LogP contribution < -0.4 is 5.56 Å². The van der Waals surface area contributed by atoms with E-state index >= 15 is 0 Å². The Balaban J connectivity index is 2.00. The number of aromatic nitrogens is 3. The molecule has 0 aliphatic heterocycles. The van der Waals surface area contributed by atoms with Crippen LogP contribution in [-0.2, 0) is 0 Å². The van der Waals surface area contributed by atoms with Gasteiger partial charge in [0.15, 0.2) is 5.52 Å². The Labute approximate surface area is 147 Å². The van der Waals surface area contributed by atoms with Crippen molar-refractivity contribution in [2.45, 2.75) is 19.9 Å². The van der Waals surface area contributed by atoms with E-state index in [0.29, 0.717) is 5.52 Å². The van der Waals surface area contributed by atoms with Crippen molar-refractivity contribution in [2.75, 3.05) is 0 Å². The van der Waals surface area contributed by atoms with Crippen molar-refractivity contribution in [1.29, 1.82) is 0 Å². The maximum Gasteiger partial charge on any atom is 0.294 e. The minimum Gasteiger partial charge on any atom is -0.265 e. The third-order valence-electron chi connectivity index (χ3n) is 3.97. The topological polar surface area (TPSA) is 47.8 Å². The Morgan fingerprint density at radius 2 is 1.92 bits per heavy atom. The number of benzene rings is 1. The summed E-state index contributed by atoms with van der Waals surface area (Å²) in [6, 6.07) is 13.8. The predicted molar refractivity (Wildman–Crippen MR) is 100.0 cm³/mol. The van der Waals surface area contributed by atoms with E-state index in [4.69, 9.17) is 5.10 Å². The van der Waals surface area contributed by atoms with Gasteiger partial charge in [0.1, 0.15) is 5.69 Å². The van der Waals surface area contributed by atoms with Gasteiger partial charge >= 0.3 is 0 Å². The normalized spacial score (nSPS) is 12.6. The van der Waals surface area contributed by atoms with Crippen LogP contribution in [0.4, 0.5) is 0 Å². The quantitative estimate of drug-likeness (QED) is 0.545. The summed E-state index contributed by atoms with van der Waals surface area (Å²) >= 11 is 3.15. The number of thiophene rings is 1. The summed E-state index contributed by atoms with van der Waals surface area (Å²) in [4.78, 5) is 18.4. The van der Waals surface area contributed by atoms with Crippen molar-refractivity contribution in [3.63, 3.8) is 0 Å². The molecule has 0 saturated carbocycles. The van der Waals surface area contributed by atoms with E-state index in [9.17, 15) is 4.79 Å². The molecule has 0 aliphatic rings. The van der Waals surface area contributed by atoms with Crippen LogP contribution in [0.3, 0.4) is 0 Å². The second-order valence-electron chi connectivity index (χ2n) is 5.57. The molecule has 0 N–H and O–H groups in total. The van der Waals surface area contributed by atoms with Gasteiger partial charge in [0, 0.05) is 0 Å². The summed E-state index contributed by atoms with van der Waals surface area (Å²) in [5, 5.41) is 7.62. The fraction of sp³-hybridized carbons (Fsp3) is 0.167. The van der Waals surface area contributed by atoms with Crippen LogP contribution >= 0.6 is 22.7 Å². The van der Waals surface area contributed by atoms with Crippen molar-refractivity contribution in [3.05, 3.63) is 68.8 Å². The molecule has 4 nitrogen and oxygen atoms in total. The molecule has 120 valence electrons. The molecule has 24 heavy (non-hydrogen) atoms. The third-order valence-corrected chi connectivity index (χ3v) is 5.83. The van der Waals surface area contributed by atoms with E-state index in [1.807, 2.05) is 61.7 Å². The summed E-state index contributed by atoms with van der Waals surface area (Å²) in [5.74, 6) is 0. The maximum atomic E-state index is 12.9. The zero-order valence-electron chi connectivity index (χ0n) is 13.3. The van der Waals surface area contributed by atoms with Crippen molar-refractivity contribution >= 4 is 32.9 Å². The largest absolute Gasteiger partial charge is 0.294 e. The van der Waals surface area contributed by atoms with Crippen LogP contribution in [0.25, 0.3) is 20.8 Å². The second-order valence-corrected chi connectivity index (χ2v) is 7.72. The summed E-state index contributed by atoms with van der Waals surface area (Å²) in [6.45, 7) is 3.92. The summed E-state index contributed by atoms with van der Waals surface area (Å²) < 4.78 is 2.43. The summed E-state index contributed by atoms with van der Waals surface area (Å²) in [5.41, 5.74) is 2.27. The monoisotopic (exact) mass is 353 g/mol. The van der Waals surface area contributed by atoms with Crippen LogP contribution in [-0.4, -0.2) is 14.8 Å². The van der Waals surface area contributed by atoms with Crippen molar-refractivity contribution in [2.24, 2.45) is 0 Å². The van der Waals surface area contributed by atoms with Gasteiger partial charge < -0.3 is 0 Å². The van der Waals surface area contributed by atoms with Crippen molar-refractivity contribution < 1.29 is 0 Å². The molecule has 3 heterocycles. The SMILES string of the molecule is Cc1nc2c(=O)n([C@@H](C)c3ccccc3)nc(-c3cccs3)c2s1. The molecule has 4 rings (SSSR count). The van der Waals surface area contributed by atoms with Crippen molar-refractivity contribution in [3.8, 4) is 10.6 Å². The molecule has 0 fully saturated rings. The minimum atomic E-state index is -0.149. The highest BCUT2D eigenvalue weighted by Gasteiger charge is 2.20. The molecule has 0 bridgehead atoms. The van der Waals surface area contributed by atoms with Gasteiger partial charge in [-0.05, 0) is 30.9 Å². The number of nitrogens with zero attached hydrogens (tertiary/aromatic N) is 3. The van der Waals surface area contributed by atoms with E-state index in [1.54, 1.807) is 16.0 Å². The first-order chi connectivity index (χ1) is 11.6. The first-order valence-corrected chi connectivity index (χ1v) is 9.33. The van der Waals surface area contributed by atoms with Gasteiger partial charge in [-0.3, -0.25) is 4.79 Å². The van der Waals surface area contributed by atoms with Gasteiger partial charge in [-0.2, -0.15) is 5.10 Å². The van der Waals surface area contributed by atoms with E-state index in [-0.39, 0.29) is 11.6 Å². The molecule has 0 unspecified atom stereocenters. The Morgan fingerprint density at radius 1 is 1.12 bits per heavy atom. The summed E-state index contributed by atoms with van der Waals surface area (Å²) in [7, 11) is 0. The molecular weight excluding hydrogens is 338 g/mol. The van der Waals surface area contributed by atoms with E-state index < -0.39 is 0 Å². The standard InChI is InChI=1S/C18H15N3OS2/c1-11(13-7-4-3-5-8-13)21-18(22)16-17(24-12(2)19-16)15(20-21)14-9-6-10-23-14/h3-11H,1-2H3/t11-/m0/s1. The van der Waals surface area contributed by atoms with Gasteiger partial charge in [-0.15, -0.1) is 22.7 Å². The molecule has 1 aromatic carbocycles. The van der Waals surface area contributed by atoms with Crippen LogP contribution in [0.2, 0.25) is 0 Å². The lowest BCUT2D eigenvalue weighted by Gasteiger charge is -2.15. The van der Waals surface area contributed by atoms with Crippen molar-refractivity contribution in [1.82, 2.24) is 14.8 Å². The number of thiazole rings is 1. The zero-order valence-corrected chi connectivity index (χ0v) is 14.9. The molecular formula is C18H15N3OS2. The average molecular weight is 353 g/mol. The fourth-order valence-corrected chi connectivity index (χ4v) is 4.44. The zero-order chi connectivity index (χ0) is 16.7. The number of hydrogen-bond acceptors (Lipinski definition) is 5. The highest BCUT2D eigenvalue weighted by atomic mass is 32.1. The molecule has 0 aliphatic carbocycles. The fourth-order valence-electron chi connectivity index (χ4n) is 2.75. The number of rotatable bonds is 3. The second kappa shape index (κ2) is 5.96. The highest BCUT2D eigenvalue weighted by Crippen LogP contribution is 2.32. The van der Waals surface area contributed by atoms with Gasteiger partial charge in [0.2, 0.25) is 0 Å². The molecule has 0 spiro atoms. The third kappa shape index (κ3) is 2.48. The molecule has 0 saturated heterocycles. The highest BCUT2D eigenvalue weighted by molar-refractivity contribution is 7.20. The first kappa shape index (κ1) is 15.2. The molecule has 0 amide bonds. The lowest BCUT2D eigenvalue weighted by molar-refractivity contribution is 0.539. The molecule has 1 atom stereocenters. The minimum absolute atomic E-state index is 0.133. The Hall–Kier alpha value is -2.31. The maximum absolute atomic E-state index is 12.9. The van der Waals surface area contributed by atoms with Crippen LogP contribution in [0.15, 0.2) is 52.6 Å². The van der Waals surface area contributed by atoms with Crippen LogP contribution in [0, 0.1) is 6.92 Å². The first-order valence-electron chi connectivity index (χ1n) is 7.64. The smallest absolute Gasteiger partial charge is 0.265 e. The van der Waals surface area contributed by atoms with E-state index in [1.165, 1.54) is 11.3 Å². The van der Waals surface area contributed by atoms with Gasteiger partial charge in [-0.25, -0.2) is 9.67 Å². The molecule has 0 radical (unpaired) electrons. The molecule has 3 aromatic heterocycles. The van der Waals surface area contributed by atoms with Gasteiger partial charge in [-0.1, -0.05) is 36.4 Å². The lowest BCUT2D eigenvalue weighted by Crippen LogP contribution is -2.27. The number of fused-ring (bicyclic) bond motifs is 1. The van der Waals surface area contributed by atoms with E-state index in [2.05, 4.69) is 4.98 Å². The number of hydrogen-bond donors (Lipinski definition) is 0. The Bertz CT molecular complexity index is 1050. The molecule has 4 aromatic rings. The average Bonchev–Trinajstić information content (AvgIpc) is 3.25. The van der Waals surface area contributed by atoms with Gasteiger partial charge in [0.25, 0.3) is 5.56 Å². The van der Waals surface area contributed by atoms with Gasteiger partial charge in [0.05, 0.1) is 20.6 Å².